The van der Waals surface area contributed by atoms with Crippen LogP contribution in [0, 0.1) is 11.3 Å². The van der Waals surface area contributed by atoms with Crippen LogP contribution in [0.5, 0.6) is 0 Å². The number of carbonyl (C=O) groups is 1. The van der Waals surface area contributed by atoms with Crippen LogP contribution in [0.3, 0.4) is 0 Å². The minimum Gasteiger partial charge on any atom is -0.365 e. The number of fused-ring (bicyclic) bond motifs is 1. The van der Waals surface area contributed by atoms with Gasteiger partial charge in [-0.2, -0.15) is 5.26 Å². The number of amides is 1. The quantitative estimate of drug-likeness (QED) is 0.553. The number of benzene rings is 2. The fourth-order valence-electron chi connectivity index (χ4n) is 3.32. The number of nitriles is 1. The molecule has 1 amide bonds. The molecule has 142 valence electrons. The van der Waals surface area contributed by atoms with Crippen LogP contribution in [0.15, 0.2) is 54.1 Å². The van der Waals surface area contributed by atoms with Gasteiger partial charge < -0.3 is 10.2 Å². The van der Waals surface area contributed by atoms with E-state index in [1.807, 2.05) is 43.4 Å². The van der Waals surface area contributed by atoms with Crippen molar-refractivity contribution in [2.45, 2.75) is 26.3 Å². The van der Waals surface area contributed by atoms with E-state index in [-0.39, 0.29) is 11.1 Å². The number of nitrogens with one attached hydrogen (secondary N) is 1. The minimum absolute atomic E-state index is 0.00294. The lowest BCUT2D eigenvalue weighted by Crippen LogP contribution is -2.42. The summed E-state index contributed by atoms with van der Waals surface area (Å²) >= 11 is 6.50. The van der Waals surface area contributed by atoms with Gasteiger partial charge in [0, 0.05) is 29.0 Å². The molecule has 0 saturated carbocycles. The molecule has 28 heavy (non-hydrogen) atoms. The molecule has 1 aliphatic heterocycles. The molecule has 0 saturated heterocycles. The highest BCUT2D eigenvalue weighted by Gasteiger charge is 2.29. The first-order valence-electron chi connectivity index (χ1n) is 8.98. The van der Waals surface area contributed by atoms with Crippen molar-refractivity contribution in [2.24, 2.45) is 0 Å². The number of nitrogens with zero attached hydrogens (tertiary/aromatic N) is 2. The largest absolute Gasteiger partial charge is 0.365 e. The highest BCUT2D eigenvalue weighted by molar-refractivity contribution is 6.32. The molecule has 0 spiro atoms. The number of halogens is 1. The molecular formula is C23H22ClN3O. The van der Waals surface area contributed by atoms with Crippen LogP contribution >= 0.6 is 11.6 Å². The maximum Gasteiger partial charge on any atom is 0.266 e. The molecule has 5 heteroatoms. The van der Waals surface area contributed by atoms with Crippen molar-refractivity contribution >= 4 is 40.5 Å². The van der Waals surface area contributed by atoms with Gasteiger partial charge in [0.2, 0.25) is 0 Å². The van der Waals surface area contributed by atoms with E-state index >= 15 is 0 Å². The monoisotopic (exact) mass is 391 g/mol. The third kappa shape index (κ3) is 3.81. The Morgan fingerprint density at radius 3 is 2.57 bits per heavy atom. The molecule has 3 rings (SSSR count). The lowest BCUT2D eigenvalue weighted by atomic mass is 9.88. The molecule has 0 aromatic heterocycles. The third-order valence-corrected chi connectivity index (χ3v) is 5.36. The maximum absolute atomic E-state index is 12.5. The van der Waals surface area contributed by atoms with Crippen LogP contribution in [-0.4, -0.2) is 18.5 Å². The Hall–Kier alpha value is -3.03. The maximum atomic E-state index is 12.5. The van der Waals surface area contributed by atoms with E-state index in [1.165, 1.54) is 6.08 Å². The number of carbonyl (C=O) groups excluding carboxylic acids is 1. The first-order valence-corrected chi connectivity index (χ1v) is 9.36. The first-order chi connectivity index (χ1) is 13.2. The van der Waals surface area contributed by atoms with Crippen LogP contribution < -0.4 is 10.2 Å². The highest BCUT2D eigenvalue weighted by atomic mass is 35.5. The predicted molar refractivity (Wildman–Crippen MR) is 116 cm³/mol. The van der Waals surface area contributed by atoms with Crippen LogP contribution in [0.4, 0.5) is 11.4 Å². The zero-order valence-electron chi connectivity index (χ0n) is 16.4. The molecule has 2 aromatic rings. The molecule has 0 fully saturated rings. The van der Waals surface area contributed by atoms with Crippen molar-refractivity contribution in [3.63, 3.8) is 0 Å². The van der Waals surface area contributed by atoms with Gasteiger partial charge in [0.15, 0.2) is 0 Å². The number of anilines is 2. The Kier molecular flexibility index (Phi) is 5.31. The van der Waals surface area contributed by atoms with Crippen LogP contribution in [-0.2, 0) is 4.79 Å². The number of hydrogen-bond acceptors (Lipinski definition) is 3. The van der Waals surface area contributed by atoms with Gasteiger partial charge in [-0.25, -0.2) is 0 Å². The summed E-state index contributed by atoms with van der Waals surface area (Å²) in [7, 11) is 2.03. The highest BCUT2D eigenvalue weighted by Crippen LogP contribution is 2.40. The van der Waals surface area contributed by atoms with Gasteiger partial charge in [-0.15, -0.1) is 0 Å². The molecule has 0 aliphatic carbocycles. The SMILES string of the molecule is CC1=CC(C)(C)N(C)c2cc(Cl)c(/C=C(\C#N)C(=O)Nc3ccccc3)cc21. The molecule has 0 unspecified atom stereocenters. The summed E-state index contributed by atoms with van der Waals surface area (Å²) in [6.07, 6.45) is 3.73. The molecule has 2 aromatic carbocycles. The van der Waals surface area contributed by atoms with Gasteiger partial charge in [-0.05, 0) is 62.2 Å². The van der Waals surface area contributed by atoms with Gasteiger partial charge in [-0.3, -0.25) is 4.79 Å². The average molecular weight is 392 g/mol. The number of hydrogen-bond donors (Lipinski definition) is 1. The number of allylic oxidation sites excluding steroid dienone is 1. The normalized spacial score (nSPS) is 15.4. The van der Waals surface area contributed by atoms with Crippen molar-refractivity contribution in [1.82, 2.24) is 0 Å². The molecule has 4 nitrogen and oxygen atoms in total. The lowest BCUT2D eigenvalue weighted by Gasteiger charge is -2.40. The van der Waals surface area contributed by atoms with Crippen molar-refractivity contribution in [3.8, 4) is 6.07 Å². The summed E-state index contributed by atoms with van der Waals surface area (Å²) in [6.45, 7) is 6.34. The summed E-state index contributed by atoms with van der Waals surface area (Å²) in [5, 5.41) is 12.7. The van der Waals surface area contributed by atoms with Crippen LogP contribution in [0.1, 0.15) is 31.9 Å². The van der Waals surface area contributed by atoms with Gasteiger partial charge in [0.25, 0.3) is 5.91 Å². The van der Waals surface area contributed by atoms with Gasteiger partial charge in [0.1, 0.15) is 11.6 Å². The number of rotatable bonds is 3. The number of para-hydroxylation sites is 1. The van der Waals surface area contributed by atoms with Crippen molar-refractivity contribution in [2.75, 3.05) is 17.3 Å². The second-order valence-corrected chi connectivity index (χ2v) is 7.83. The summed E-state index contributed by atoms with van der Waals surface area (Å²) in [5.74, 6) is -0.465. The molecular weight excluding hydrogens is 370 g/mol. The Morgan fingerprint density at radius 2 is 1.93 bits per heavy atom. The second kappa shape index (κ2) is 7.53. The summed E-state index contributed by atoms with van der Waals surface area (Å²) in [4.78, 5) is 14.7. The zero-order chi connectivity index (χ0) is 20.5. The summed E-state index contributed by atoms with van der Waals surface area (Å²) in [6, 6.07) is 14.8. The topological polar surface area (TPSA) is 56.1 Å². The van der Waals surface area contributed by atoms with Crippen molar-refractivity contribution in [1.29, 1.82) is 5.26 Å². The third-order valence-electron chi connectivity index (χ3n) is 5.03. The minimum atomic E-state index is -0.465. The lowest BCUT2D eigenvalue weighted by molar-refractivity contribution is -0.112. The van der Waals surface area contributed by atoms with Crippen LogP contribution in [0.2, 0.25) is 5.02 Å². The fourth-order valence-corrected chi connectivity index (χ4v) is 3.53. The van der Waals surface area contributed by atoms with E-state index in [2.05, 4.69) is 37.1 Å². The van der Waals surface area contributed by atoms with Crippen molar-refractivity contribution < 1.29 is 4.79 Å². The van der Waals surface area contributed by atoms with E-state index < -0.39 is 5.91 Å². The van der Waals surface area contributed by atoms with Gasteiger partial charge in [-0.1, -0.05) is 35.9 Å². The smallest absolute Gasteiger partial charge is 0.266 e. The molecule has 1 N–H and O–H groups in total. The van der Waals surface area contributed by atoms with E-state index in [9.17, 15) is 10.1 Å². The average Bonchev–Trinajstić information content (AvgIpc) is 2.65. The summed E-state index contributed by atoms with van der Waals surface area (Å²) in [5.41, 5.74) is 4.35. The summed E-state index contributed by atoms with van der Waals surface area (Å²) < 4.78 is 0. The fraction of sp³-hybridized carbons (Fsp3) is 0.217. The van der Waals surface area contributed by atoms with E-state index in [0.29, 0.717) is 16.3 Å². The Morgan fingerprint density at radius 1 is 1.25 bits per heavy atom. The van der Waals surface area contributed by atoms with Gasteiger partial charge >= 0.3 is 0 Å². The zero-order valence-corrected chi connectivity index (χ0v) is 17.1. The second-order valence-electron chi connectivity index (χ2n) is 7.42. The van der Waals surface area contributed by atoms with E-state index in [4.69, 9.17) is 11.6 Å². The standard InChI is InChI=1S/C23H22ClN3O/c1-15-13-23(2,3)27(4)21-12-20(24)16(11-19(15)21)10-17(14-25)22(28)26-18-8-6-5-7-9-18/h5-13H,1-4H3,(H,26,28)/b17-10+. The van der Waals surface area contributed by atoms with E-state index in [1.54, 1.807) is 12.1 Å². The Balaban J connectivity index is 1.98. The predicted octanol–water partition coefficient (Wildman–Crippen LogP) is 5.52. The molecule has 1 aliphatic rings. The van der Waals surface area contributed by atoms with Crippen LogP contribution in [0.25, 0.3) is 11.6 Å². The first kappa shape index (κ1) is 19.7. The molecule has 1 heterocycles. The Bertz CT molecular complexity index is 1030. The van der Waals surface area contributed by atoms with Crippen molar-refractivity contribution in [3.05, 3.63) is 70.3 Å². The molecule has 0 atom stereocenters. The van der Waals surface area contributed by atoms with Gasteiger partial charge in [0.05, 0.1) is 5.54 Å². The molecule has 0 radical (unpaired) electrons. The molecule has 0 bridgehead atoms. The van der Waals surface area contributed by atoms with E-state index in [0.717, 1.165) is 16.8 Å². The Labute approximate surface area is 170 Å². The number of likely N-dealkylation sites (N-methyl/N-ethyl adjacent to an activating group) is 1.